The van der Waals surface area contributed by atoms with Crippen molar-refractivity contribution in [2.45, 2.75) is 37.5 Å². The number of hydrogen-bond acceptors (Lipinski definition) is 5. The number of amides is 4. The molecule has 12 heteroatoms. The van der Waals surface area contributed by atoms with Gasteiger partial charge >= 0.3 is 6.03 Å². The fraction of sp³-hybridized carbons (Fsp3) is 0.526. The topological polar surface area (TPSA) is 125 Å². The molecule has 2 saturated heterocycles. The summed E-state index contributed by atoms with van der Waals surface area (Å²) in [6, 6.07) is 3.64. The van der Waals surface area contributed by atoms with Crippen LogP contribution >= 0.6 is 23.2 Å². The van der Waals surface area contributed by atoms with Crippen LogP contribution in [0.15, 0.2) is 18.2 Å². The maximum absolute atomic E-state index is 12.9. The van der Waals surface area contributed by atoms with E-state index in [1.165, 1.54) is 11.2 Å². The Morgan fingerprint density at radius 3 is 2.52 bits per heavy atom. The number of nitrogens with one attached hydrogen (secondary N) is 3. The molecule has 2 aliphatic rings. The number of imide groups is 1. The van der Waals surface area contributed by atoms with Crippen molar-refractivity contribution in [2.75, 3.05) is 19.6 Å². The monoisotopic (exact) mass is 490 g/mol. The van der Waals surface area contributed by atoms with Crippen LogP contribution in [-0.4, -0.2) is 61.5 Å². The van der Waals surface area contributed by atoms with E-state index in [4.69, 9.17) is 23.2 Å². The molecule has 2 unspecified atom stereocenters. The zero-order valence-electron chi connectivity index (χ0n) is 16.9. The first-order valence-electron chi connectivity index (χ1n) is 9.91. The Morgan fingerprint density at radius 1 is 1.23 bits per heavy atom. The summed E-state index contributed by atoms with van der Waals surface area (Å²) in [5.74, 6) is -1.29. The average molecular weight is 491 g/mol. The van der Waals surface area contributed by atoms with Gasteiger partial charge in [-0.3, -0.25) is 14.9 Å². The lowest BCUT2D eigenvalue weighted by molar-refractivity contribution is -0.126. The Bertz CT molecular complexity index is 980. The second-order valence-corrected chi connectivity index (χ2v) is 10.6. The normalized spacial score (nSPS) is 23.2. The van der Waals surface area contributed by atoms with Crippen molar-refractivity contribution < 1.29 is 22.8 Å². The number of sulfonamides is 1. The minimum Gasteiger partial charge on any atom is -0.356 e. The number of nitrogens with zero attached hydrogens (tertiary/aromatic N) is 1. The van der Waals surface area contributed by atoms with Crippen LogP contribution in [0, 0.1) is 5.92 Å². The van der Waals surface area contributed by atoms with Gasteiger partial charge in [-0.25, -0.2) is 17.5 Å². The van der Waals surface area contributed by atoms with Gasteiger partial charge in [0.05, 0.1) is 6.04 Å². The van der Waals surface area contributed by atoms with Crippen LogP contribution in [0.3, 0.4) is 0 Å². The average Bonchev–Trinajstić information content (AvgIpc) is 2.68. The van der Waals surface area contributed by atoms with Gasteiger partial charge in [-0.2, -0.15) is 0 Å². The summed E-state index contributed by atoms with van der Waals surface area (Å²) in [5, 5.41) is 6.98. The number of hydrogen-bond donors (Lipinski definition) is 3. The van der Waals surface area contributed by atoms with E-state index in [0.29, 0.717) is 35.9 Å². The molecule has 31 heavy (non-hydrogen) atoms. The standard InChI is InChI=1S/C19H24Cl2N4O5S/c1-11-16(18(27)24-19(28)23-11)31(29,30)25-8-5-13(6-9-25)17(26)22-7-4-12-2-3-14(20)10-15(12)21/h2-3,10-11,13,16H,4-9H2,1H3,(H,22,26)(H2,23,24,27,28). The molecule has 0 bridgehead atoms. The zero-order chi connectivity index (χ0) is 22.8. The van der Waals surface area contributed by atoms with Crippen molar-refractivity contribution in [1.29, 1.82) is 0 Å². The predicted molar refractivity (Wildman–Crippen MR) is 116 cm³/mol. The molecule has 2 aliphatic heterocycles. The Balaban J connectivity index is 1.51. The quantitative estimate of drug-likeness (QED) is 0.553. The van der Waals surface area contributed by atoms with Gasteiger partial charge in [-0.15, -0.1) is 0 Å². The van der Waals surface area contributed by atoms with E-state index in [9.17, 15) is 22.8 Å². The summed E-state index contributed by atoms with van der Waals surface area (Å²) in [6.07, 6.45) is 1.25. The number of halogens is 2. The highest BCUT2D eigenvalue weighted by molar-refractivity contribution is 7.90. The smallest absolute Gasteiger partial charge is 0.321 e. The van der Waals surface area contributed by atoms with Crippen LogP contribution in [0.25, 0.3) is 0 Å². The van der Waals surface area contributed by atoms with Crippen molar-refractivity contribution >= 4 is 51.1 Å². The maximum atomic E-state index is 12.9. The van der Waals surface area contributed by atoms with Gasteiger partial charge in [0.15, 0.2) is 5.25 Å². The molecule has 0 saturated carbocycles. The van der Waals surface area contributed by atoms with Gasteiger partial charge in [0.1, 0.15) is 0 Å². The molecule has 170 valence electrons. The number of urea groups is 1. The van der Waals surface area contributed by atoms with Crippen LogP contribution in [0.5, 0.6) is 0 Å². The molecular weight excluding hydrogens is 467 g/mol. The van der Waals surface area contributed by atoms with Crippen LogP contribution < -0.4 is 16.0 Å². The van der Waals surface area contributed by atoms with Crippen molar-refractivity contribution in [1.82, 2.24) is 20.3 Å². The van der Waals surface area contributed by atoms with E-state index >= 15 is 0 Å². The first kappa shape index (κ1) is 23.8. The number of piperidine rings is 1. The minimum absolute atomic E-state index is 0.133. The van der Waals surface area contributed by atoms with Crippen molar-refractivity contribution in [3.63, 3.8) is 0 Å². The molecule has 3 N–H and O–H groups in total. The molecule has 1 aromatic carbocycles. The summed E-state index contributed by atoms with van der Waals surface area (Å²) in [5.41, 5.74) is 0.874. The predicted octanol–water partition coefficient (Wildman–Crippen LogP) is 1.29. The Kier molecular flexibility index (Phi) is 7.46. The second kappa shape index (κ2) is 9.72. The zero-order valence-corrected chi connectivity index (χ0v) is 19.2. The lowest BCUT2D eigenvalue weighted by Crippen LogP contribution is -2.64. The lowest BCUT2D eigenvalue weighted by Gasteiger charge is -2.36. The summed E-state index contributed by atoms with van der Waals surface area (Å²) >= 11 is 12.0. The van der Waals surface area contributed by atoms with Crippen LogP contribution in [-0.2, 0) is 26.0 Å². The first-order valence-corrected chi connectivity index (χ1v) is 12.2. The molecule has 0 aromatic heterocycles. The van der Waals surface area contributed by atoms with Gasteiger partial charge in [0.25, 0.3) is 0 Å². The van der Waals surface area contributed by atoms with Crippen molar-refractivity contribution in [3.8, 4) is 0 Å². The Hall–Kier alpha value is -1.88. The second-order valence-electron chi connectivity index (χ2n) is 7.67. The molecule has 9 nitrogen and oxygen atoms in total. The third-order valence-corrected chi connectivity index (χ3v) is 8.46. The summed E-state index contributed by atoms with van der Waals surface area (Å²) in [4.78, 5) is 35.9. The van der Waals surface area contributed by atoms with Gasteiger partial charge in [0, 0.05) is 35.6 Å². The van der Waals surface area contributed by atoms with Gasteiger partial charge < -0.3 is 10.6 Å². The molecule has 0 radical (unpaired) electrons. The highest BCUT2D eigenvalue weighted by atomic mass is 35.5. The van der Waals surface area contributed by atoms with E-state index in [1.54, 1.807) is 12.1 Å². The summed E-state index contributed by atoms with van der Waals surface area (Å²) in [6.45, 7) is 2.14. The van der Waals surface area contributed by atoms with Crippen LogP contribution in [0.4, 0.5) is 4.79 Å². The number of rotatable bonds is 6. The van der Waals surface area contributed by atoms with E-state index in [1.807, 2.05) is 11.4 Å². The van der Waals surface area contributed by atoms with Crippen LogP contribution in [0.2, 0.25) is 10.0 Å². The summed E-state index contributed by atoms with van der Waals surface area (Å²) in [7, 11) is -3.97. The highest BCUT2D eigenvalue weighted by Gasteiger charge is 2.46. The first-order chi connectivity index (χ1) is 14.6. The SMILES string of the molecule is CC1NC(=O)NC(=O)C1S(=O)(=O)N1CCC(C(=O)NCCc2ccc(Cl)cc2Cl)CC1. The van der Waals surface area contributed by atoms with E-state index in [-0.39, 0.29) is 24.9 Å². The third kappa shape index (κ3) is 5.49. The van der Waals surface area contributed by atoms with E-state index in [2.05, 4.69) is 10.6 Å². The number of carbonyl (C=O) groups is 3. The van der Waals surface area contributed by atoms with Crippen molar-refractivity contribution in [3.05, 3.63) is 33.8 Å². The lowest BCUT2D eigenvalue weighted by atomic mass is 9.97. The molecule has 0 spiro atoms. The largest absolute Gasteiger partial charge is 0.356 e. The molecule has 2 fully saturated rings. The molecule has 2 atom stereocenters. The highest BCUT2D eigenvalue weighted by Crippen LogP contribution is 2.24. The van der Waals surface area contributed by atoms with E-state index < -0.39 is 33.3 Å². The fourth-order valence-corrected chi connectivity index (χ4v) is 6.30. The van der Waals surface area contributed by atoms with E-state index in [0.717, 1.165) is 5.56 Å². The Labute approximate surface area is 190 Å². The Morgan fingerprint density at radius 2 is 1.90 bits per heavy atom. The molecule has 2 heterocycles. The molecular formula is C19H24Cl2N4O5S. The minimum atomic E-state index is -3.97. The molecule has 1 aromatic rings. The van der Waals surface area contributed by atoms with Gasteiger partial charge in [0.2, 0.25) is 21.8 Å². The molecule has 3 rings (SSSR count). The molecule has 4 amide bonds. The number of carbonyl (C=O) groups excluding carboxylic acids is 3. The van der Waals surface area contributed by atoms with Crippen LogP contribution in [0.1, 0.15) is 25.3 Å². The van der Waals surface area contributed by atoms with Crippen molar-refractivity contribution in [2.24, 2.45) is 5.92 Å². The fourth-order valence-electron chi connectivity index (χ4n) is 3.84. The number of benzene rings is 1. The third-order valence-electron chi connectivity index (χ3n) is 5.52. The maximum Gasteiger partial charge on any atom is 0.321 e. The molecule has 0 aliphatic carbocycles. The van der Waals surface area contributed by atoms with Gasteiger partial charge in [-0.05, 0) is 43.9 Å². The van der Waals surface area contributed by atoms with Gasteiger partial charge in [-0.1, -0.05) is 29.3 Å². The summed E-state index contributed by atoms with van der Waals surface area (Å²) < 4.78 is 27.1.